The summed E-state index contributed by atoms with van der Waals surface area (Å²) in [6.45, 7) is 10.4. The molecule has 0 radical (unpaired) electrons. The van der Waals surface area contributed by atoms with Crippen LogP contribution in [0.1, 0.15) is 23.6 Å². The highest BCUT2D eigenvalue weighted by Gasteiger charge is 2.05. The van der Waals surface area contributed by atoms with Gasteiger partial charge >= 0.3 is 0 Å². The van der Waals surface area contributed by atoms with Crippen molar-refractivity contribution in [3.63, 3.8) is 0 Å². The van der Waals surface area contributed by atoms with Gasteiger partial charge < -0.3 is 0 Å². The molecule has 0 heteroatoms. The lowest BCUT2D eigenvalue weighted by molar-refractivity contribution is 1.42. The average molecular weight is 222 g/mol. The molecule has 0 unspecified atom stereocenters. The Morgan fingerprint density at radius 3 is 2.06 bits per heavy atom. The van der Waals surface area contributed by atoms with E-state index in [0.717, 1.165) is 5.57 Å². The molecule has 0 aliphatic heterocycles. The fourth-order valence-electron chi connectivity index (χ4n) is 2.00. The van der Waals surface area contributed by atoms with Gasteiger partial charge in [0.25, 0.3) is 0 Å². The summed E-state index contributed by atoms with van der Waals surface area (Å²) in [5.74, 6) is 0. The van der Waals surface area contributed by atoms with E-state index in [2.05, 4.69) is 69.8 Å². The van der Waals surface area contributed by atoms with Gasteiger partial charge in [0.2, 0.25) is 0 Å². The van der Waals surface area contributed by atoms with Crippen LogP contribution in [0.5, 0.6) is 0 Å². The molecule has 0 heterocycles. The largest absolute Gasteiger partial charge is 0.0955 e. The summed E-state index contributed by atoms with van der Waals surface area (Å²) in [6, 6.07) is 15.2. The number of aryl methyl sites for hydroxylation is 2. The summed E-state index contributed by atoms with van der Waals surface area (Å²) in [5.41, 5.74) is 7.46. The van der Waals surface area contributed by atoms with Gasteiger partial charge in [-0.1, -0.05) is 65.7 Å². The molecule has 0 atom stereocenters. The second kappa shape index (κ2) is 4.58. The Labute approximate surface area is 104 Å². The Morgan fingerprint density at radius 2 is 1.47 bits per heavy atom. The first-order valence-corrected chi connectivity index (χ1v) is 5.91. The molecule has 2 aromatic rings. The predicted octanol–water partition coefficient (Wildman–Crippen LogP) is 5.00. The number of hydrogen-bond acceptors (Lipinski definition) is 0. The molecule has 0 amide bonds. The first-order chi connectivity index (χ1) is 8.08. The second-order valence-electron chi connectivity index (χ2n) is 4.70. The zero-order valence-electron chi connectivity index (χ0n) is 10.7. The van der Waals surface area contributed by atoms with E-state index in [1.54, 1.807) is 0 Å². The SMILES string of the molecule is C=C(C)c1ccc(C)cc1-c1ccc(C)cc1. The van der Waals surface area contributed by atoms with Gasteiger partial charge in [0.15, 0.2) is 0 Å². The van der Waals surface area contributed by atoms with Gasteiger partial charge in [-0.15, -0.1) is 0 Å². The van der Waals surface area contributed by atoms with E-state index in [4.69, 9.17) is 0 Å². The van der Waals surface area contributed by atoms with Crippen LogP contribution in [-0.4, -0.2) is 0 Å². The number of allylic oxidation sites excluding steroid dienone is 1. The molecule has 0 bridgehead atoms. The van der Waals surface area contributed by atoms with Gasteiger partial charge in [-0.2, -0.15) is 0 Å². The van der Waals surface area contributed by atoms with Gasteiger partial charge in [-0.3, -0.25) is 0 Å². The van der Waals surface area contributed by atoms with Crippen LogP contribution in [0.3, 0.4) is 0 Å². The second-order valence-corrected chi connectivity index (χ2v) is 4.70. The summed E-state index contributed by atoms with van der Waals surface area (Å²) in [7, 11) is 0. The maximum atomic E-state index is 4.06. The molecule has 0 spiro atoms. The van der Waals surface area contributed by atoms with E-state index in [-0.39, 0.29) is 0 Å². The van der Waals surface area contributed by atoms with Crippen molar-refractivity contribution in [3.05, 3.63) is 65.7 Å². The van der Waals surface area contributed by atoms with Crippen LogP contribution in [0.25, 0.3) is 16.7 Å². The normalized spacial score (nSPS) is 10.3. The Balaban J connectivity index is 2.60. The van der Waals surface area contributed by atoms with Crippen molar-refractivity contribution in [2.45, 2.75) is 20.8 Å². The van der Waals surface area contributed by atoms with E-state index >= 15 is 0 Å². The predicted molar refractivity (Wildman–Crippen MR) is 76.1 cm³/mol. The number of benzene rings is 2. The molecule has 0 aromatic heterocycles. The zero-order chi connectivity index (χ0) is 12.4. The number of rotatable bonds is 2. The van der Waals surface area contributed by atoms with Crippen LogP contribution in [0.2, 0.25) is 0 Å². The molecule has 0 aliphatic carbocycles. The van der Waals surface area contributed by atoms with E-state index in [0.29, 0.717) is 0 Å². The van der Waals surface area contributed by atoms with Crippen molar-refractivity contribution < 1.29 is 0 Å². The lowest BCUT2D eigenvalue weighted by Gasteiger charge is -2.11. The first kappa shape index (κ1) is 11.7. The van der Waals surface area contributed by atoms with E-state index in [9.17, 15) is 0 Å². The Bertz CT molecular complexity index is 545. The average Bonchev–Trinajstić information content (AvgIpc) is 2.29. The molecule has 0 saturated heterocycles. The van der Waals surface area contributed by atoms with Gasteiger partial charge in [-0.25, -0.2) is 0 Å². The summed E-state index contributed by atoms with van der Waals surface area (Å²) < 4.78 is 0. The van der Waals surface area contributed by atoms with Crippen molar-refractivity contribution in [1.29, 1.82) is 0 Å². The highest BCUT2D eigenvalue weighted by molar-refractivity contribution is 5.80. The van der Waals surface area contributed by atoms with Crippen molar-refractivity contribution in [3.8, 4) is 11.1 Å². The van der Waals surface area contributed by atoms with Crippen molar-refractivity contribution in [2.24, 2.45) is 0 Å². The maximum absolute atomic E-state index is 4.06. The van der Waals surface area contributed by atoms with Crippen LogP contribution in [0.4, 0.5) is 0 Å². The van der Waals surface area contributed by atoms with Gasteiger partial charge in [0, 0.05) is 0 Å². The molecular formula is C17H18. The molecule has 17 heavy (non-hydrogen) atoms. The third kappa shape index (κ3) is 2.47. The molecule has 0 saturated carbocycles. The molecule has 0 aliphatic rings. The monoisotopic (exact) mass is 222 g/mol. The van der Waals surface area contributed by atoms with E-state index in [1.807, 2.05) is 0 Å². The smallest absolute Gasteiger partial charge is 0.0106 e. The Morgan fingerprint density at radius 1 is 0.882 bits per heavy atom. The quantitative estimate of drug-likeness (QED) is 0.670. The third-order valence-corrected chi connectivity index (χ3v) is 3.00. The van der Waals surface area contributed by atoms with E-state index < -0.39 is 0 Å². The fourth-order valence-corrected chi connectivity index (χ4v) is 2.00. The third-order valence-electron chi connectivity index (χ3n) is 3.00. The fraction of sp³-hybridized carbons (Fsp3) is 0.176. The topological polar surface area (TPSA) is 0 Å². The van der Waals surface area contributed by atoms with Crippen molar-refractivity contribution >= 4 is 5.57 Å². The lowest BCUT2D eigenvalue weighted by Crippen LogP contribution is -1.88. The van der Waals surface area contributed by atoms with Crippen LogP contribution in [0.15, 0.2) is 49.0 Å². The zero-order valence-corrected chi connectivity index (χ0v) is 10.7. The summed E-state index contributed by atoms with van der Waals surface area (Å²) in [4.78, 5) is 0. The minimum absolute atomic E-state index is 1.11. The molecule has 0 fully saturated rings. The van der Waals surface area contributed by atoms with Crippen LogP contribution < -0.4 is 0 Å². The molecule has 2 rings (SSSR count). The van der Waals surface area contributed by atoms with Gasteiger partial charge in [0.1, 0.15) is 0 Å². The van der Waals surface area contributed by atoms with Crippen LogP contribution >= 0.6 is 0 Å². The molecule has 86 valence electrons. The van der Waals surface area contributed by atoms with E-state index in [1.165, 1.54) is 27.8 Å². The minimum Gasteiger partial charge on any atom is -0.0955 e. The number of hydrogen-bond donors (Lipinski definition) is 0. The summed E-state index contributed by atoms with van der Waals surface area (Å²) >= 11 is 0. The summed E-state index contributed by atoms with van der Waals surface area (Å²) in [6.07, 6.45) is 0. The van der Waals surface area contributed by atoms with Crippen molar-refractivity contribution in [1.82, 2.24) is 0 Å². The van der Waals surface area contributed by atoms with Crippen molar-refractivity contribution in [2.75, 3.05) is 0 Å². The van der Waals surface area contributed by atoms with Crippen LogP contribution in [0, 0.1) is 13.8 Å². The molecule has 0 nitrogen and oxygen atoms in total. The summed E-state index contributed by atoms with van der Waals surface area (Å²) in [5, 5.41) is 0. The maximum Gasteiger partial charge on any atom is -0.0106 e. The highest BCUT2D eigenvalue weighted by atomic mass is 14.1. The Hall–Kier alpha value is -1.82. The molecule has 2 aromatic carbocycles. The van der Waals surface area contributed by atoms with Gasteiger partial charge in [-0.05, 0) is 37.5 Å². The standard InChI is InChI=1S/C17H18/c1-12(2)16-10-7-14(4)11-17(16)15-8-5-13(3)6-9-15/h5-11H,1H2,2-4H3. The minimum atomic E-state index is 1.11. The Kier molecular flexibility index (Phi) is 3.14. The lowest BCUT2D eigenvalue weighted by atomic mass is 9.94. The first-order valence-electron chi connectivity index (χ1n) is 5.91. The highest BCUT2D eigenvalue weighted by Crippen LogP contribution is 2.29. The molecular weight excluding hydrogens is 204 g/mol. The van der Waals surface area contributed by atoms with Crippen LogP contribution in [-0.2, 0) is 0 Å². The van der Waals surface area contributed by atoms with Gasteiger partial charge in [0.05, 0.1) is 0 Å². The molecule has 0 N–H and O–H groups in total.